The number of aryl methyl sites for hydroxylation is 1. The Balaban J connectivity index is 1.62. The largest absolute Gasteiger partial charge is 0.273 e. The fourth-order valence-electron chi connectivity index (χ4n) is 3.27. The highest BCUT2D eigenvalue weighted by molar-refractivity contribution is 5.83. The molecule has 102 valence electrons. The summed E-state index contributed by atoms with van der Waals surface area (Å²) in [6.45, 7) is 4.71. The van der Waals surface area contributed by atoms with E-state index in [-0.39, 0.29) is 11.8 Å². The van der Waals surface area contributed by atoms with Gasteiger partial charge < -0.3 is 0 Å². The number of hydroxylamine groups is 1. The molecule has 2 aliphatic rings. The third kappa shape index (κ3) is 2.39. The molecule has 2 aliphatic carbocycles. The molecule has 0 aromatic heterocycles. The van der Waals surface area contributed by atoms with Crippen LogP contribution in [0.15, 0.2) is 24.3 Å². The van der Waals surface area contributed by atoms with E-state index in [0.29, 0.717) is 24.4 Å². The maximum atomic E-state index is 12.1. The van der Waals surface area contributed by atoms with Gasteiger partial charge in [0.1, 0.15) is 0 Å². The van der Waals surface area contributed by atoms with Crippen molar-refractivity contribution in [3.63, 3.8) is 0 Å². The standard InChI is InChI=1S/C16H21NO2/c1-10(2)9-19-17-16(18)15-13-8-7-11-5-3-4-6-12(11)14(13)15/h3-6,10,13-15H,7-9H2,1-2H3,(H,17,18). The molecular weight excluding hydrogens is 238 g/mol. The van der Waals surface area contributed by atoms with E-state index in [2.05, 4.69) is 43.6 Å². The van der Waals surface area contributed by atoms with Crippen LogP contribution in [0.2, 0.25) is 0 Å². The summed E-state index contributed by atoms with van der Waals surface area (Å²) in [4.78, 5) is 17.4. The molecule has 0 aliphatic heterocycles. The summed E-state index contributed by atoms with van der Waals surface area (Å²) < 4.78 is 0. The van der Waals surface area contributed by atoms with Crippen LogP contribution >= 0.6 is 0 Å². The number of benzene rings is 1. The van der Waals surface area contributed by atoms with Crippen molar-refractivity contribution in [3.05, 3.63) is 35.4 Å². The van der Waals surface area contributed by atoms with Gasteiger partial charge in [0, 0.05) is 0 Å². The van der Waals surface area contributed by atoms with Gasteiger partial charge in [-0.15, -0.1) is 0 Å². The molecule has 1 fully saturated rings. The van der Waals surface area contributed by atoms with E-state index in [1.807, 2.05) is 0 Å². The minimum atomic E-state index is 0.0624. The van der Waals surface area contributed by atoms with E-state index >= 15 is 0 Å². The first kappa shape index (κ1) is 12.7. The van der Waals surface area contributed by atoms with Crippen LogP contribution in [-0.4, -0.2) is 12.5 Å². The predicted molar refractivity (Wildman–Crippen MR) is 73.4 cm³/mol. The molecule has 3 nitrogen and oxygen atoms in total. The van der Waals surface area contributed by atoms with E-state index in [4.69, 9.17) is 4.84 Å². The zero-order chi connectivity index (χ0) is 13.4. The van der Waals surface area contributed by atoms with Crippen molar-refractivity contribution < 1.29 is 9.63 Å². The summed E-state index contributed by atoms with van der Waals surface area (Å²) in [5.41, 5.74) is 5.42. The van der Waals surface area contributed by atoms with Gasteiger partial charge in [0.15, 0.2) is 0 Å². The van der Waals surface area contributed by atoms with Crippen molar-refractivity contribution in [2.24, 2.45) is 17.8 Å². The van der Waals surface area contributed by atoms with Crippen LogP contribution in [0, 0.1) is 17.8 Å². The van der Waals surface area contributed by atoms with E-state index < -0.39 is 0 Å². The number of fused-ring (bicyclic) bond motifs is 3. The molecule has 0 spiro atoms. The maximum Gasteiger partial charge on any atom is 0.247 e. The molecule has 3 unspecified atom stereocenters. The molecule has 1 aromatic carbocycles. The summed E-state index contributed by atoms with van der Waals surface area (Å²) >= 11 is 0. The van der Waals surface area contributed by atoms with Gasteiger partial charge in [-0.3, -0.25) is 9.63 Å². The molecule has 0 heterocycles. The third-order valence-electron chi connectivity index (χ3n) is 4.22. The highest BCUT2D eigenvalue weighted by Crippen LogP contribution is 2.59. The topological polar surface area (TPSA) is 38.3 Å². The second-order valence-corrected chi connectivity index (χ2v) is 6.12. The number of amides is 1. The Morgan fingerprint density at radius 1 is 1.42 bits per heavy atom. The van der Waals surface area contributed by atoms with Gasteiger partial charge in [-0.2, -0.15) is 0 Å². The highest BCUT2D eigenvalue weighted by atomic mass is 16.7. The van der Waals surface area contributed by atoms with Crippen LogP contribution in [0.4, 0.5) is 0 Å². The summed E-state index contributed by atoms with van der Waals surface area (Å²) in [6, 6.07) is 8.52. The van der Waals surface area contributed by atoms with Crippen molar-refractivity contribution in [2.45, 2.75) is 32.6 Å². The number of hydrogen-bond acceptors (Lipinski definition) is 2. The average Bonchev–Trinajstić information content (AvgIpc) is 3.13. The Labute approximate surface area is 114 Å². The fraction of sp³-hybridized carbons (Fsp3) is 0.562. The molecule has 3 rings (SSSR count). The molecule has 3 atom stereocenters. The number of carbonyl (C=O) groups is 1. The summed E-state index contributed by atoms with van der Waals surface area (Å²) in [5, 5.41) is 0. The molecule has 1 aromatic rings. The van der Waals surface area contributed by atoms with E-state index in [1.54, 1.807) is 0 Å². The number of carbonyl (C=O) groups excluding carboxylic acids is 1. The minimum absolute atomic E-state index is 0.0624. The van der Waals surface area contributed by atoms with Crippen LogP contribution in [0.5, 0.6) is 0 Å². The summed E-state index contributed by atoms with van der Waals surface area (Å²) in [5.74, 6) is 1.57. The molecule has 1 N–H and O–H groups in total. The van der Waals surface area contributed by atoms with Crippen molar-refractivity contribution >= 4 is 5.91 Å². The van der Waals surface area contributed by atoms with E-state index in [1.165, 1.54) is 11.1 Å². The second-order valence-electron chi connectivity index (χ2n) is 6.12. The fourth-order valence-corrected chi connectivity index (χ4v) is 3.27. The van der Waals surface area contributed by atoms with Gasteiger partial charge in [0.25, 0.3) is 0 Å². The molecule has 0 bridgehead atoms. The Hall–Kier alpha value is -1.35. The predicted octanol–water partition coefficient (Wildman–Crippen LogP) is 2.67. The molecule has 19 heavy (non-hydrogen) atoms. The summed E-state index contributed by atoms with van der Waals surface area (Å²) in [7, 11) is 0. The van der Waals surface area contributed by atoms with Gasteiger partial charge >= 0.3 is 0 Å². The second kappa shape index (κ2) is 4.97. The van der Waals surface area contributed by atoms with Gasteiger partial charge in [0.2, 0.25) is 5.91 Å². The maximum absolute atomic E-state index is 12.1. The van der Waals surface area contributed by atoms with Gasteiger partial charge in [-0.1, -0.05) is 38.1 Å². The Kier molecular flexibility index (Phi) is 3.31. The molecule has 1 saturated carbocycles. The van der Waals surface area contributed by atoms with Gasteiger partial charge in [0.05, 0.1) is 12.5 Å². The molecule has 1 amide bonds. The number of hydrogen-bond donors (Lipinski definition) is 1. The zero-order valence-electron chi connectivity index (χ0n) is 11.6. The van der Waals surface area contributed by atoms with Crippen LogP contribution in [-0.2, 0) is 16.1 Å². The lowest BCUT2D eigenvalue weighted by Gasteiger charge is -2.13. The normalized spacial score (nSPS) is 27.6. The smallest absolute Gasteiger partial charge is 0.247 e. The quantitative estimate of drug-likeness (QED) is 0.844. The first-order valence-corrected chi connectivity index (χ1v) is 7.18. The van der Waals surface area contributed by atoms with E-state index in [9.17, 15) is 4.79 Å². The molecule has 0 radical (unpaired) electrons. The minimum Gasteiger partial charge on any atom is -0.273 e. The molecular formula is C16H21NO2. The van der Waals surface area contributed by atoms with Crippen molar-refractivity contribution in [1.29, 1.82) is 0 Å². The first-order valence-electron chi connectivity index (χ1n) is 7.18. The lowest BCUT2D eigenvalue weighted by molar-refractivity contribution is -0.136. The van der Waals surface area contributed by atoms with Crippen LogP contribution in [0.25, 0.3) is 0 Å². The lowest BCUT2D eigenvalue weighted by atomic mass is 9.92. The Morgan fingerprint density at radius 3 is 3.00 bits per heavy atom. The van der Waals surface area contributed by atoms with Crippen LogP contribution in [0.3, 0.4) is 0 Å². The Bertz CT molecular complexity index is 483. The molecule has 3 heteroatoms. The van der Waals surface area contributed by atoms with Crippen molar-refractivity contribution in [3.8, 4) is 0 Å². The van der Waals surface area contributed by atoms with Crippen LogP contribution in [0.1, 0.15) is 37.3 Å². The van der Waals surface area contributed by atoms with Crippen molar-refractivity contribution in [2.75, 3.05) is 6.61 Å². The molecule has 0 saturated heterocycles. The average molecular weight is 259 g/mol. The zero-order valence-corrected chi connectivity index (χ0v) is 11.6. The van der Waals surface area contributed by atoms with E-state index in [0.717, 1.165) is 12.8 Å². The Morgan fingerprint density at radius 2 is 2.21 bits per heavy atom. The number of nitrogens with one attached hydrogen (secondary N) is 1. The van der Waals surface area contributed by atoms with Gasteiger partial charge in [-0.25, -0.2) is 5.48 Å². The lowest BCUT2D eigenvalue weighted by Crippen LogP contribution is -2.27. The highest BCUT2D eigenvalue weighted by Gasteiger charge is 2.57. The third-order valence-corrected chi connectivity index (χ3v) is 4.22. The first-order chi connectivity index (χ1) is 9.18. The summed E-state index contributed by atoms with van der Waals surface area (Å²) in [6.07, 6.45) is 2.23. The van der Waals surface area contributed by atoms with Crippen molar-refractivity contribution in [1.82, 2.24) is 5.48 Å². The SMILES string of the molecule is CC(C)CONC(=O)C1C2CCc3ccccc3C21. The van der Waals surface area contributed by atoms with Gasteiger partial charge in [-0.05, 0) is 41.7 Å². The van der Waals surface area contributed by atoms with Crippen LogP contribution < -0.4 is 5.48 Å². The monoisotopic (exact) mass is 259 g/mol. The number of rotatable bonds is 4.